The Kier molecular flexibility index (Phi) is 35.8. The summed E-state index contributed by atoms with van der Waals surface area (Å²) in [5.74, 6) is -6.63. The van der Waals surface area contributed by atoms with E-state index in [2.05, 4.69) is 60.1 Å². The van der Waals surface area contributed by atoms with Gasteiger partial charge in [0.2, 0.25) is 59.1 Å². The number of rotatable bonds is 43. The molecule has 1 heterocycles. The summed E-state index contributed by atoms with van der Waals surface area (Å²) in [4.78, 5) is 152. The van der Waals surface area contributed by atoms with E-state index in [0.717, 1.165) is 32.1 Å². The van der Waals surface area contributed by atoms with Crippen LogP contribution in [0.2, 0.25) is 0 Å². The molecule has 24 nitrogen and oxygen atoms in total. The van der Waals surface area contributed by atoms with Crippen molar-refractivity contribution in [2.75, 3.05) is 32.8 Å². The summed E-state index contributed by atoms with van der Waals surface area (Å²) >= 11 is 0. The number of hydrogen-bond acceptors (Lipinski definition) is 14. The van der Waals surface area contributed by atoms with Gasteiger partial charge in [-0.2, -0.15) is 0 Å². The van der Waals surface area contributed by atoms with Gasteiger partial charge in [-0.3, -0.25) is 52.7 Å². The van der Waals surface area contributed by atoms with Crippen LogP contribution in [0.5, 0.6) is 0 Å². The molecule has 0 saturated carbocycles. The lowest BCUT2D eigenvalue weighted by Crippen LogP contribution is -2.66. The first-order chi connectivity index (χ1) is 40.5. The fourth-order valence-corrected chi connectivity index (χ4v) is 10.3. The van der Waals surface area contributed by atoms with Crippen molar-refractivity contribution < 1.29 is 63.0 Å². The fraction of sp³-hybridized carbons (Fsp3) is 0.825. The van der Waals surface area contributed by atoms with E-state index in [1.165, 1.54) is 46.4 Å². The van der Waals surface area contributed by atoms with Gasteiger partial charge in [-0.1, -0.05) is 94.4 Å². The predicted octanol–water partition coefficient (Wildman–Crippen LogP) is 3.23. The van der Waals surface area contributed by atoms with Crippen molar-refractivity contribution in [2.45, 2.75) is 279 Å². The Balaban J connectivity index is 3.42. The number of aliphatic hydroxyl groups is 2. The van der Waals surface area contributed by atoms with Crippen LogP contribution in [0.15, 0.2) is 0 Å². The third-order valence-corrected chi connectivity index (χ3v) is 15.4. The molecular formula is C63H115N11O13. The molecule has 24 heteroatoms. The van der Waals surface area contributed by atoms with Crippen LogP contribution >= 0.6 is 0 Å². The van der Waals surface area contributed by atoms with Crippen LogP contribution in [0.25, 0.3) is 0 Å². The van der Waals surface area contributed by atoms with Gasteiger partial charge >= 0.3 is 0 Å². The summed E-state index contributed by atoms with van der Waals surface area (Å²) in [6.45, 7) is 28.5. The Bertz CT molecular complexity index is 2240. The van der Waals surface area contributed by atoms with Gasteiger partial charge in [0.1, 0.15) is 52.6 Å². The largest absolute Gasteiger partial charge is 0.395 e. The molecule has 0 aromatic rings. The summed E-state index contributed by atoms with van der Waals surface area (Å²) < 4.78 is 0. The van der Waals surface area contributed by atoms with Crippen molar-refractivity contribution >= 4 is 64.9 Å². The lowest BCUT2D eigenvalue weighted by Gasteiger charge is -2.35. The van der Waals surface area contributed by atoms with E-state index in [0.29, 0.717) is 38.9 Å². The second kappa shape index (κ2) is 39.3. The normalized spacial score (nSPS) is 16.5. The van der Waals surface area contributed by atoms with Gasteiger partial charge in [-0.15, -0.1) is 0 Å². The topological polar surface area (TPSA) is 352 Å². The van der Waals surface area contributed by atoms with Crippen molar-refractivity contribution in [1.29, 1.82) is 0 Å². The first-order valence-electron chi connectivity index (χ1n) is 32.1. The van der Waals surface area contributed by atoms with Gasteiger partial charge in [0.05, 0.1) is 12.7 Å². The number of amides is 10. The maximum absolute atomic E-state index is 14.6. The molecule has 10 amide bonds. The molecule has 0 aliphatic carbocycles. The van der Waals surface area contributed by atoms with Gasteiger partial charge in [-0.25, -0.2) is 0 Å². The Morgan fingerprint density at radius 3 is 1.62 bits per heavy atom. The van der Waals surface area contributed by atoms with Crippen molar-refractivity contribution in [3.63, 3.8) is 0 Å². The third kappa shape index (κ3) is 30.3. The molecule has 1 aliphatic rings. The highest BCUT2D eigenvalue weighted by molar-refractivity contribution is 6.00. The van der Waals surface area contributed by atoms with Gasteiger partial charge in [0.15, 0.2) is 0 Å². The van der Waals surface area contributed by atoms with Gasteiger partial charge in [-0.05, 0) is 124 Å². The molecule has 1 aliphatic heterocycles. The molecule has 1 fully saturated rings. The van der Waals surface area contributed by atoms with E-state index in [-0.39, 0.29) is 112 Å². The molecule has 500 valence electrons. The quantitative estimate of drug-likeness (QED) is 0.0390. The van der Waals surface area contributed by atoms with Crippen molar-refractivity contribution in [1.82, 2.24) is 58.1 Å². The number of unbranched alkanes of at least 4 members (excludes halogenated alkanes) is 3. The van der Waals surface area contributed by atoms with Crippen LogP contribution in [-0.2, 0) is 52.7 Å². The Hall–Kier alpha value is -5.75. The zero-order chi connectivity index (χ0) is 66.4. The molecule has 0 radical (unpaired) electrons. The minimum absolute atomic E-state index is 0.000749. The minimum Gasteiger partial charge on any atom is -0.395 e. The standard InChI is InChI=1S/C63H115N11O13/c1-17-20-21-22-25-41(8)35-48(54(81)67-47(33-40(6)7)55(82)71-61(11,12)58(85)69-46(32-39(4)5)53(80)65-28-27-51(78)66-43(10)38-64-29-31-75)70-59(86)62(13,14)73-60(87)63(15,16)72-56(83)49(36-42(9)34-45(77)37-44(76)19-3)68-57(84)50-26-23-30-74(50)52(79)24-18-2/h39-43,45-50,64,75,77H,17-38H2,1-16H3,(H,65,80)(H,66,78)(H,67,81)(H,68,84)(H,69,85)(H,70,86)(H,71,82)(H,72,83)(H,73,87). The predicted molar refractivity (Wildman–Crippen MR) is 335 cm³/mol. The molecule has 87 heavy (non-hydrogen) atoms. The zero-order valence-electron chi connectivity index (χ0n) is 55.7. The molecule has 1 saturated heterocycles. The van der Waals surface area contributed by atoms with Crippen LogP contribution in [-0.4, -0.2) is 172 Å². The Morgan fingerprint density at radius 1 is 0.552 bits per heavy atom. The molecule has 0 bridgehead atoms. The summed E-state index contributed by atoms with van der Waals surface area (Å²) in [7, 11) is 0. The molecular weight excluding hydrogens is 1120 g/mol. The van der Waals surface area contributed by atoms with E-state index in [4.69, 9.17) is 5.11 Å². The molecule has 1 rings (SSSR count). The Labute approximate surface area is 519 Å². The van der Waals surface area contributed by atoms with Gasteiger partial charge < -0.3 is 68.3 Å². The van der Waals surface area contributed by atoms with Crippen LogP contribution in [0.4, 0.5) is 0 Å². The van der Waals surface area contributed by atoms with E-state index < -0.39 is 106 Å². The third-order valence-electron chi connectivity index (χ3n) is 15.4. The number of ketones is 1. The molecule has 12 N–H and O–H groups in total. The average Bonchev–Trinajstić information content (AvgIpc) is 3.31. The fourth-order valence-electron chi connectivity index (χ4n) is 10.3. The number of nitrogens with one attached hydrogen (secondary N) is 10. The SMILES string of the molecule is CCCCCCC(C)CC(NC(=O)C(C)(C)NC(=O)C(C)(C)NC(=O)C(CC(C)CC(O)CC(=O)CC)NC(=O)C1CCCN1C(=O)CCC)C(=O)NC(CC(C)C)C(=O)NC(C)(C)C(=O)NC(CC(C)C)C(=O)NCCC(=O)NC(C)CNCCO. The van der Waals surface area contributed by atoms with E-state index in [1.54, 1.807) is 20.8 Å². The number of likely N-dealkylation sites (tertiary alicyclic amines) is 1. The number of Topliss-reactive ketones (excluding diaryl/α,β-unsaturated/α-hetero) is 1. The van der Waals surface area contributed by atoms with Crippen molar-refractivity contribution in [2.24, 2.45) is 23.7 Å². The smallest absolute Gasteiger partial charge is 0.246 e. The second-order valence-electron chi connectivity index (χ2n) is 26.7. The highest BCUT2D eigenvalue weighted by atomic mass is 16.3. The second-order valence-corrected chi connectivity index (χ2v) is 26.7. The molecule has 0 aromatic carbocycles. The number of aliphatic hydroxyl groups excluding tert-OH is 2. The monoisotopic (exact) mass is 1230 g/mol. The number of hydrogen-bond donors (Lipinski definition) is 12. The molecule has 9 atom stereocenters. The summed E-state index contributed by atoms with van der Waals surface area (Å²) in [5.41, 5.74) is -5.03. The summed E-state index contributed by atoms with van der Waals surface area (Å²) in [6.07, 6.45) is 6.33. The van der Waals surface area contributed by atoms with E-state index in [1.807, 2.05) is 41.5 Å². The van der Waals surface area contributed by atoms with Crippen molar-refractivity contribution in [3.05, 3.63) is 0 Å². The molecule has 0 spiro atoms. The van der Waals surface area contributed by atoms with E-state index in [9.17, 15) is 57.8 Å². The first kappa shape index (κ1) is 79.3. The zero-order valence-corrected chi connectivity index (χ0v) is 55.7. The maximum atomic E-state index is 14.6. The maximum Gasteiger partial charge on any atom is 0.246 e. The number of carbonyl (C=O) groups excluding carboxylic acids is 11. The molecule has 0 aromatic heterocycles. The number of carbonyl (C=O) groups is 11. The van der Waals surface area contributed by atoms with E-state index >= 15 is 0 Å². The van der Waals surface area contributed by atoms with Crippen LogP contribution in [0, 0.1) is 23.7 Å². The van der Waals surface area contributed by atoms with Crippen LogP contribution in [0.3, 0.4) is 0 Å². The summed E-state index contributed by atoms with van der Waals surface area (Å²) in [5, 5.41) is 47.8. The number of nitrogens with zero attached hydrogens (tertiary/aromatic N) is 1. The highest BCUT2D eigenvalue weighted by Gasteiger charge is 2.42. The minimum atomic E-state index is -1.71. The lowest BCUT2D eigenvalue weighted by atomic mass is 9.92. The summed E-state index contributed by atoms with van der Waals surface area (Å²) in [6, 6.07) is -5.68. The van der Waals surface area contributed by atoms with Crippen LogP contribution in [0.1, 0.15) is 220 Å². The Morgan fingerprint density at radius 2 is 1.08 bits per heavy atom. The first-order valence-corrected chi connectivity index (χ1v) is 32.1. The highest BCUT2D eigenvalue weighted by Crippen LogP contribution is 2.23. The average molecular weight is 1230 g/mol. The van der Waals surface area contributed by atoms with Gasteiger partial charge in [0, 0.05) is 57.9 Å². The lowest BCUT2D eigenvalue weighted by molar-refractivity contribution is -0.141. The van der Waals surface area contributed by atoms with Crippen LogP contribution < -0.4 is 53.2 Å². The van der Waals surface area contributed by atoms with Gasteiger partial charge in [0.25, 0.3) is 0 Å². The molecule has 9 unspecified atom stereocenters. The van der Waals surface area contributed by atoms with Crippen molar-refractivity contribution in [3.8, 4) is 0 Å².